The molecule has 1 aromatic rings. The first-order valence-corrected chi connectivity index (χ1v) is 6.75. The van der Waals surface area contributed by atoms with Crippen molar-refractivity contribution in [3.63, 3.8) is 0 Å². The summed E-state index contributed by atoms with van der Waals surface area (Å²) in [6.07, 6.45) is 2.15. The Morgan fingerprint density at radius 1 is 1.47 bits per heavy atom. The molecule has 2 atom stereocenters. The third-order valence-electron chi connectivity index (χ3n) is 3.22. The second kappa shape index (κ2) is 5.00. The minimum Gasteiger partial charge on any atom is -0.363 e. The first-order chi connectivity index (χ1) is 8.11. The molecule has 0 bridgehead atoms. The first-order valence-electron chi connectivity index (χ1n) is 5.94. The molecule has 1 aromatic heterocycles. The lowest BCUT2D eigenvalue weighted by Gasteiger charge is -2.35. The fraction of sp³-hybridized carbons (Fsp3) is 0.727. The summed E-state index contributed by atoms with van der Waals surface area (Å²) in [6, 6.07) is 0.299. The SMILES string of the molecule is CNc1nnc(C(=O)N2CCC(C)CC2C)s1. The third kappa shape index (κ3) is 2.57. The number of nitrogens with one attached hydrogen (secondary N) is 1. The molecule has 0 radical (unpaired) electrons. The van der Waals surface area contributed by atoms with Gasteiger partial charge in [0.25, 0.3) is 5.91 Å². The lowest BCUT2D eigenvalue weighted by atomic mass is 9.93. The average Bonchev–Trinajstić information content (AvgIpc) is 2.76. The Morgan fingerprint density at radius 3 is 2.82 bits per heavy atom. The van der Waals surface area contributed by atoms with E-state index in [0.717, 1.165) is 19.4 Å². The number of piperidine rings is 1. The summed E-state index contributed by atoms with van der Waals surface area (Å²) in [5.74, 6) is 0.722. The highest BCUT2D eigenvalue weighted by Gasteiger charge is 2.29. The largest absolute Gasteiger partial charge is 0.363 e. The topological polar surface area (TPSA) is 58.1 Å². The minimum atomic E-state index is 0.0170. The maximum absolute atomic E-state index is 12.3. The van der Waals surface area contributed by atoms with Crippen molar-refractivity contribution in [3.8, 4) is 0 Å². The molecule has 5 nitrogen and oxygen atoms in total. The van der Waals surface area contributed by atoms with E-state index in [1.807, 2.05) is 4.90 Å². The van der Waals surface area contributed by atoms with Crippen LogP contribution in [0.4, 0.5) is 5.13 Å². The number of nitrogens with zero attached hydrogens (tertiary/aromatic N) is 3. The van der Waals surface area contributed by atoms with Gasteiger partial charge in [0, 0.05) is 19.6 Å². The fourth-order valence-corrected chi connectivity index (χ4v) is 2.90. The normalized spacial score (nSPS) is 24.8. The van der Waals surface area contributed by atoms with Crippen LogP contribution < -0.4 is 5.32 Å². The Kier molecular flexibility index (Phi) is 3.61. The van der Waals surface area contributed by atoms with Crippen LogP contribution in [0.1, 0.15) is 36.5 Å². The number of aromatic nitrogens is 2. The van der Waals surface area contributed by atoms with Crippen molar-refractivity contribution in [1.29, 1.82) is 0 Å². The Hall–Kier alpha value is -1.17. The number of likely N-dealkylation sites (tertiary alicyclic amines) is 1. The van der Waals surface area contributed by atoms with Gasteiger partial charge in [-0.3, -0.25) is 4.79 Å². The summed E-state index contributed by atoms with van der Waals surface area (Å²) in [4.78, 5) is 14.2. The number of anilines is 1. The van der Waals surface area contributed by atoms with Gasteiger partial charge in [-0.25, -0.2) is 0 Å². The molecule has 0 aromatic carbocycles. The molecule has 17 heavy (non-hydrogen) atoms. The average molecular weight is 254 g/mol. The van der Waals surface area contributed by atoms with Crippen LogP contribution in [0, 0.1) is 5.92 Å². The molecular formula is C11H18N4OS. The molecule has 0 spiro atoms. The number of hydrogen-bond donors (Lipinski definition) is 1. The summed E-state index contributed by atoms with van der Waals surface area (Å²) in [5.41, 5.74) is 0. The lowest BCUT2D eigenvalue weighted by molar-refractivity contribution is 0.0587. The predicted molar refractivity (Wildman–Crippen MR) is 68.4 cm³/mol. The van der Waals surface area contributed by atoms with Crippen molar-refractivity contribution in [1.82, 2.24) is 15.1 Å². The quantitative estimate of drug-likeness (QED) is 0.875. The molecule has 0 aliphatic carbocycles. The van der Waals surface area contributed by atoms with E-state index in [4.69, 9.17) is 0 Å². The van der Waals surface area contributed by atoms with Crippen LogP contribution in [0.25, 0.3) is 0 Å². The summed E-state index contributed by atoms with van der Waals surface area (Å²) < 4.78 is 0. The van der Waals surface area contributed by atoms with E-state index in [1.165, 1.54) is 11.3 Å². The van der Waals surface area contributed by atoms with Crippen molar-refractivity contribution in [3.05, 3.63) is 5.01 Å². The van der Waals surface area contributed by atoms with Crippen LogP contribution >= 0.6 is 11.3 Å². The lowest BCUT2D eigenvalue weighted by Crippen LogP contribution is -2.44. The van der Waals surface area contributed by atoms with Crippen LogP contribution in [0.15, 0.2) is 0 Å². The second-order valence-corrected chi connectivity index (χ2v) is 5.62. The molecule has 1 amide bonds. The molecule has 94 valence electrons. The van der Waals surface area contributed by atoms with Crippen molar-refractivity contribution in [2.75, 3.05) is 18.9 Å². The van der Waals surface area contributed by atoms with Crippen LogP contribution in [0.5, 0.6) is 0 Å². The fourth-order valence-electron chi connectivity index (χ4n) is 2.24. The molecule has 0 saturated carbocycles. The summed E-state index contributed by atoms with van der Waals surface area (Å²) in [6.45, 7) is 5.17. The van der Waals surface area contributed by atoms with Gasteiger partial charge >= 0.3 is 0 Å². The van der Waals surface area contributed by atoms with E-state index < -0.39 is 0 Å². The number of carbonyl (C=O) groups is 1. The molecule has 1 saturated heterocycles. The van der Waals surface area contributed by atoms with Crippen LogP contribution in [-0.2, 0) is 0 Å². The summed E-state index contributed by atoms with van der Waals surface area (Å²) >= 11 is 1.31. The minimum absolute atomic E-state index is 0.0170. The molecule has 2 unspecified atom stereocenters. The Morgan fingerprint density at radius 2 is 2.24 bits per heavy atom. The molecule has 1 aliphatic heterocycles. The maximum atomic E-state index is 12.3. The van der Waals surface area contributed by atoms with Gasteiger partial charge in [-0.1, -0.05) is 18.3 Å². The maximum Gasteiger partial charge on any atom is 0.285 e. The van der Waals surface area contributed by atoms with Crippen LogP contribution in [0.3, 0.4) is 0 Å². The highest BCUT2D eigenvalue weighted by Crippen LogP contribution is 2.25. The third-order valence-corrected chi connectivity index (χ3v) is 4.15. The van der Waals surface area contributed by atoms with Crippen LogP contribution in [-0.4, -0.2) is 40.6 Å². The Balaban J connectivity index is 2.09. The van der Waals surface area contributed by atoms with Gasteiger partial charge in [-0.15, -0.1) is 10.2 Å². The van der Waals surface area contributed by atoms with E-state index in [2.05, 4.69) is 29.4 Å². The molecule has 2 heterocycles. The summed E-state index contributed by atoms with van der Waals surface area (Å²) in [5, 5.41) is 11.9. The second-order valence-electron chi connectivity index (χ2n) is 4.64. The standard InChI is InChI=1S/C11H18N4OS/c1-7-4-5-15(8(2)6-7)10(16)9-13-14-11(12-3)17-9/h7-8H,4-6H2,1-3H3,(H,12,14). The Labute approximate surface area is 105 Å². The molecule has 1 N–H and O–H groups in total. The smallest absolute Gasteiger partial charge is 0.285 e. The van der Waals surface area contributed by atoms with E-state index in [-0.39, 0.29) is 5.91 Å². The van der Waals surface area contributed by atoms with Gasteiger partial charge in [0.05, 0.1) is 0 Å². The van der Waals surface area contributed by atoms with Crippen molar-refractivity contribution in [2.24, 2.45) is 5.92 Å². The number of rotatable bonds is 2. The van der Waals surface area contributed by atoms with E-state index in [1.54, 1.807) is 7.05 Å². The van der Waals surface area contributed by atoms with Gasteiger partial charge in [0.15, 0.2) is 0 Å². The number of carbonyl (C=O) groups excluding carboxylic acids is 1. The zero-order valence-electron chi connectivity index (χ0n) is 10.4. The van der Waals surface area contributed by atoms with Gasteiger partial charge in [-0.05, 0) is 25.7 Å². The number of hydrogen-bond acceptors (Lipinski definition) is 5. The van der Waals surface area contributed by atoms with Gasteiger partial charge in [0.2, 0.25) is 10.1 Å². The van der Waals surface area contributed by atoms with Crippen LogP contribution in [0.2, 0.25) is 0 Å². The predicted octanol–water partition coefficient (Wildman–Crippen LogP) is 1.84. The molecule has 1 fully saturated rings. The highest BCUT2D eigenvalue weighted by atomic mass is 32.1. The van der Waals surface area contributed by atoms with Gasteiger partial charge < -0.3 is 10.2 Å². The van der Waals surface area contributed by atoms with E-state index in [9.17, 15) is 4.79 Å². The summed E-state index contributed by atoms with van der Waals surface area (Å²) in [7, 11) is 1.78. The first kappa shape index (κ1) is 12.3. The highest BCUT2D eigenvalue weighted by molar-refractivity contribution is 7.17. The molecular weight excluding hydrogens is 236 g/mol. The van der Waals surface area contributed by atoms with E-state index >= 15 is 0 Å². The van der Waals surface area contributed by atoms with Crippen molar-refractivity contribution < 1.29 is 4.79 Å². The van der Waals surface area contributed by atoms with Gasteiger partial charge in [0.1, 0.15) is 0 Å². The molecule has 1 aliphatic rings. The van der Waals surface area contributed by atoms with Crippen molar-refractivity contribution >= 4 is 22.4 Å². The van der Waals surface area contributed by atoms with E-state index in [0.29, 0.717) is 22.1 Å². The number of amides is 1. The van der Waals surface area contributed by atoms with Crippen molar-refractivity contribution in [2.45, 2.75) is 32.7 Å². The zero-order chi connectivity index (χ0) is 12.4. The zero-order valence-corrected chi connectivity index (χ0v) is 11.3. The monoisotopic (exact) mass is 254 g/mol. The molecule has 6 heteroatoms. The molecule has 2 rings (SSSR count). The van der Waals surface area contributed by atoms with Gasteiger partial charge in [-0.2, -0.15) is 0 Å². The Bertz CT molecular complexity index is 406.